The molecule has 112 valence electrons. The highest BCUT2D eigenvalue weighted by Crippen LogP contribution is 2.30. The third kappa shape index (κ3) is 4.30. The van der Waals surface area contributed by atoms with Gasteiger partial charge in [0.05, 0.1) is 12.7 Å². The Hall–Kier alpha value is -1.87. The predicted molar refractivity (Wildman–Crippen MR) is 84.5 cm³/mol. The van der Waals surface area contributed by atoms with Gasteiger partial charge in [-0.15, -0.1) is 0 Å². The monoisotopic (exact) mass is 285 g/mol. The SMILES string of the molecule is CCCCOc1ccc(C(O)C(C)c2ccccn2)cc1. The average molecular weight is 285 g/mol. The lowest BCUT2D eigenvalue weighted by Gasteiger charge is -2.19. The molecule has 0 saturated carbocycles. The van der Waals surface area contributed by atoms with E-state index in [1.165, 1.54) is 0 Å². The van der Waals surface area contributed by atoms with Gasteiger partial charge in [-0.05, 0) is 36.2 Å². The molecule has 3 nitrogen and oxygen atoms in total. The van der Waals surface area contributed by atoms with Crippen molar-refractivity contribution in [3.05, 3.63) is 59.9 Å². The summed E-state index contributed by atoms with van der Waals surface area (Å²) < 4.78 is 5.63. The van der Waals surface area contributed by atoms with E-state index in [0.717, 1.165) is 36.5 Å². The van der Waals surface area contributed by atoms with Crippen molar-refractivity contribution in [2.45, 2.75) is 38.7 Å². The van der Waals surface area contributed by atoms with E-state index >= 15 is 0 Å². The van der Waals surface area contributed by atoms with Crippen molar-refractivity contribution in [1.29, 1.82) is 0 Å². The third-order valence-electron chi connectivity index (χ3n) is 3.62. The second-order valence-electron chi connectivity index (χ2n) is 5.26. The molecule has 0 amide bonds. The lowest BCUT2D eigenvalue weighted by atomic mass is 9.94. The van der Waals surface area contributed by atoms with Gasteiger partial charge in [-0.3, -0.25) is 4.98 Å². The summed E-state index contributed by atoms with van der Waals surface area (Å²) in [5.41, 5.74) is 1.78. The number of ether oxygens (including phenoxy) is 1. The topological polar surface area (TPSA) is 42.4 Å². The third-order valence-corrected chi connectivity index (χ3v) is 3.62. The Morgan fingerprint density at radius 1 is 1.14 bits per heavy atom. The maximum Gasteiger partial charge on any atom is 0.119 e. The molecular weight excluding hydrogens is 262 g/mol. The zero-order chi connectivity index (χ0) is 15.1. The molecule has 0 radical (unpaired) electrons. The fraction of sp³-hybridized carbons (Fsp3) is 0.389. The van der Waals surface area contributed by atoms with E-state index in [1.807, 2.05) is 49.4 Å². The summed E-state index contributed by atoms with van der Waals surface area (Å²) in [6.45, 7) is 4.86. The Bertz CT molecular complexity index is 525. The summed E-state index contributed by atoms with van der Waals surface area (Å²) in [6.07, 6.45) is 3.37. The maximum absolute atomic E-state index is 10.5. The first-order chi connectivity index (χ1) is 10.2. The van der Waals surface area contributed by atoms with E-state index in [2.05, 4.69) is 11.9 Å². The number of rotatable bonds is 7. The molecule has 0 bridgehead atoms. The van der Waals surface area contributed by atoms with Crippen LogP contribution in [0, 0.1) is 0 Å². The molecular formula is C18H23NO2. The molecule has 1 heterocycles. The summed E-state index contributed by atoms with van der Waals surface area (Å²) in [5, 5.41) is 10.5. The van der Waals surface area contributed by atoms with Gasteiger partial charge in [-0.2, -0.15) is 0 Å². The molecule has 0 aliphatic heterocycles. The van der Waals surface area contributed by atoms with Crippen LogP contribution in [0.5, 0.6) is 5.75 Å². The van der Waals surface area contributed by atoms with Crippen molar-refractivity contribution in [3.63, 3.8) is 0 Å². The van der Waals surface area contributed by atoms with Gasteiger partial charge in [-0.1, -0.05) is 38.5 Å². The zero-order valence-electron chi connectivity index (χ0n) is 12.7. The van der Waals surface area contributed by atoms with Crippen molar-refractivity contribution in [2.24, 2.45) is 0 Å². The van der Waals surface area contributed by atoms with Crippen LogP contribution in [0.3, 0.4) is 0 Å². The van der Waals surface area contributed by atoms with Crippen LogP contribution in [-0.2, 0) is 0 Å². The first-order valence-electron chi connectivity index (χ1n) is 7.54. The van der Waals surface area contributed by atoms with Gasteiger partial charge in [0.1, 0.15) is 5.75 Å². The molecule has 2 aromatic rings. The van der Waals surface area contributed by atoms with Gasteiger partial charge in [0, 0.05) is 17.8 Å². The van der Waals surface area contributed by atoms with Crippen LogP contribution in [0.25, 0.3) is 0 Å². The van der Waals surface area contributed by atoms with Crippen LogP contribution in [0.1, 0.15) is 50.0 Å². The minimum absolute atomic E-state index is 0.0435. The molecule has 0 fully saturated rings. The summed E-state index contributed by atoms with van der Waals surface area (Å²) in [4.78, 5) is 4.31. The summed E-state index contributed by atoms with van der Waals surface area (Å²) >= 11 is 0. The van der Waals surface area contributed by atoms with E-state index in [1.54, 1.807) is 6.20 Å². The molecule has 1 aromatic carbocycles. The van der Waals surface area contributed by atoms with Crippen LogP contribution in [0.4, 0.5) is 0 Å². The number of benzene rings is 1. The van der Waals surface area contributed by atoms with Crippen LogP contribution in [0.15, 0.2) is 48.7 Å². The normalized spacial score (nSPS) is 13.7. The van der Waals surface area contributed by atoms with Crippen molar-refractivity contribution < 1.29 is 9.84 Å². The average Bonchev–Trinajstić information content (AvgIpc) is 2.55. The molecule has 1 aromatic heterocycles. The Labute approximate surface area is 126 Å². The summed E-state index contributed by atoms with van der Waals surface area (Å²) in [6, 6.07) is 13.4. The minimum atomic E-state index is -0.565. The standard InChI is InChI=1S/C18H23NO2/c1-3-4-13-21-16-10-8-15(9-11-16)18(20)14(2)17-7-5-6-12-19-17/h5-12,14,18,20H,3-4,13H2,1-2H3. The zero-order valence-corrected chi connectivity index (χ0v) is 12.7. The lowest BCUT2D eigenvalue weighted by molar-refractivity contribution is 0.150. The molecule has 0 aliphatic carbocycles. The first-order valence-corrected chi connectivity index (χ1v) is 7.54. The van der Waals surface area contributed by atoms with E-state index in [4.69, 9.17) is 4.74 Å². The van der Waals surface area contributed by atoms with Crippen molar-refractivity contribution in [1.82, 2.24) is 4.98 Å². The van der Waals surface area contributed by atoms with E-state index in [-0.39, 0.29) is 5.92 Å². The number of aromatic nitrogens is 1. The van der Waals surface area contributed by atoms with E-state index in [0.29, 0.717) is 0 Å². The highest BCUT2D eigenvalue weighted by molar-refractivity contribution is 5.30. The number of aliphatic hydroxyl groups excluding tert-OH is 1. The van der Waals surface area contributed by atoms with Gasteiger partial charge in [0.2, 0.25) is 0 Å². The lowest BCUT2D eigenvalue weighted by Crippen LogP contribution is -2.09. The number of unbranched alkanes of at least 4 members (excludes halogenated alkanes) is 1. The number of hydrogen-bond donors (Lipinski definition) is 1. The van der Waals surface area contributed by atoms with Gasteiger partial charge in [-0.25, -0.2) is 0 Å². The van der Waals surface area contributed by atoms with Crippen LogP contribution < -0.4 is 4.74 Å². The smallest absolute Gasteiger partial charge is 0.119 e. The number of aliphatic hydroxyl groups is 1. The fourth-order valence-corrected chi connectivity index (χ4v) is 2.19. The van der Waals surface area contributed by atoms with Crippen LogP contribution >= 0.6 is 0 Å². The van der Waals surface area contributed by atoms with Crippen LogP contribution in [-0.4, -0.2) is 16.7 Å². The van der Waals surface area contributed by atoms with Gasteiger partial charge in [0.15, 0.2) is 0 Å². The molecule has 2 unspecified atom stereocenters. The predicted octanol–water partition coefficient (Wildman–Crippen LogP) is 4.10. The summed E-state index contributed by atoms with van der Waals surface area (Å²) in [7, 11) is 0. The van der Waals surface area contributed by atoms with Crippen molar-refractivity contribution >= 4 is 0 Å². The van der Waals surface area contributed by atoms with Gasteiger partial charge in [0.25, 0.3) is 0 Å². The van der Waals surface area contributed by atoms with Gasteiger partial charge < -0.3 is 9.84 Å². The minimum Gasteiger partial charge on any atom is -0.494 e. The molecule has 2 rings (SSSR count). The second kappa shape index (κ2) is 7.79. The largest absolute Gasteiger partial charge is 0.494 e. The Kier molecular flexibility index (Phi) is 5.76. The Balaban J connectivity index is 2.01. The Morgan fingerprint density at radius 3 is 2.52 bits per heavy atom. The molecule has 1 N–H and O–H groups in total. The molecule has 21 heavy (non-hydrogen) atoms. The molecule has 0 spiro atoms. The van der Waals surface area contributed by atoms with Crippen molar-refractivity contribution in [2.75, 3.05) is 6.61 Å². The highest BCUT2D eigenvalue weighted by atomic mass is 16.5. The van der Waals surface area contributed by atoms with Crippen LogP contribution in [0.2, 0.25) is 0 Å². The van der Waals surface area contributed by atoms with E-state index in [9.17, 15) is 5.11 Å². The van der Waals surface area contributed by atoms with Crippen molar-refractivity contribution in [3.8, 4) is 5.75 Å². The van der Waals surface area contributed by atoms with Gasteiger partial charge >= 0.3 is 0 Å². The number of nitrogens with zero attached hydrogens (tertiary/aromatic N) is 1. The molecule has 2 atom stereocenters. The first kappa shape index (κ1) is 15.5. The Morgan fingerprint density at radius 2 is 1.90 bits per heavy atom. The molecule has 0 aliphatic rings. The fourth-order valence-electron chi connectivity index (χ4n) is 2.19. The highest BCUT2D eigenvalue weighted by Gasteiger charge is 2.19. The molecule has 3 heteroatoms. The maximum atomic E-state index is 10.5. The number of hydrogen-bond acceptors (Lipinski definition) is 3. The number of pyridine rings is 1. The summed E-state index contributed by atoms with van der Waals surface area (Å²) in [5.74, 6) is 0.808. The quantitative estimate of drug-likeness (QED) is 0.779. The van der Waals surface area contributed by atoms with E-state index < -0.39 is 6.10 Å². The molecule has 0 saturated heterocycles. The second-order valence-corrected chi connectivity index (χ2v) is 5.26.